The van der Waals surface area contributed by atoms with E-state index < -0.39 is 0 Å². The maximum Gasteiger partial charge on any atom is 0.318 e. The molecule has 1 aromatic heterocycles. The summed E-state index contributed by atoms with van der Waals surface area (Å²) in [6.07, 6.45) is 1.71. The molecule has 0 aliphatic carbocycles. The van der Waals surface area contributed by atoms with Crippen LogP contribution in [0.1, 0.15) is 47.8 Å². The highest BCUT2D eigenvalue weighted by Gasteiger charge is 2.30. The lowest BCUT2D eigenvalue weighted by Crippen LogP contribution is -2.47. The number of nitrogens with zero attached hydrogens (tertiary/aromatic N) is 2. The lowest BCUT2D eigenvalue weighted by atomic mass is 9.93. The summed E-state index contributed by atoms with van der Waals surface area (Å²) in [6.45, 7) is 4.55. The maximum absolute atomic E-state index is 12.7. The van der Waals surface area contributed by atoms with Gasteiger partial charge in [-0.1, -0.05) is 31.2 Å². The molecule has 0 radical (unpaired) electrons. The molecule has 5 nitrogen and oxygen atoms in total. The summed E-state index contributed by atoms with van der Waals surface area (Å²) in [6, 6.07) is 7.42. The van der Waals surface area contributed by atoms with Gasteiger partial charge >= 0.3 is 6.03 Å². The van der Waals surface area contributed by atoms with E-state index in [0.717, 1.165) is 29.1 Å². The van der Waals surface area contributed by atoms with Gasteiger partial charge in [0.25, 0.3) is 0 Å². The van der Waals surface area contributed by atoms with E-state index in [2.05, 4.69) is 23.3 Å². The fourth-order valence-electron chi connectivity index (χ4n) is 3.12. The highest BCUT2D eigenvalue weighted by atomic mass is 32.1. The van der Waals surface area contributed by atoms with Gasteiger partial charge < -0.3 is 15.3 Å². The number of aromatic nitrogens is 1. The van der Waals surface area contributed by atoms with Crippen molar-refractivity contribution in [1.82, 2.24) is 15.2 Å². The van der Waals surface area contributed by atoms with E-state index in [1.54, 1.807) is 16.2 Å². The molecule has 1 aromatic carbocycles. The summed E-state index contributed by atoms with van der Waals surface area (Å²) >= 11 is 1.62. The molecule has 0 bridgehead atoms. The van der Waals surface area contributed by atoms with Crippen LogP contribution in [0.2, 0.25) is 0 Å². The van der Waals surface area contributed by atoms with Gasteiger partial charge in [-0.25, -0.2) is 9.78 Å². The number of aliphatic hydroxyl groups excluding tert-OH is 1. The average molecular weight is 345 g/mol. The molecule has 2 atom stereocenters. The molecular formula is C18H23N3O2S. The minimum absolute atomic E-state index is 0.0739. The van der Waals surface area contributed by atoms with Crippen LogP contribution in [-0.4, -0.2) is 34.2 Å². The number of thiazole rings is 1. The Morgan fingerprint density at radius 3 is 3.00 bits per heavy atom. The minimum Gasteiger partial charge on any atom is -0.394 e. The number of benzene rings is 1. The number of amides is 2. The fourth-order valence-corrected chi connectivity index (χ4v) is 3.96. The number of hydrogen-bond acceptors (Lipinski definition) is 4. The lowest BCUT2D eigenvalue weighted by molar-refractivity contribution is 0.125. The van der Waals surface area contributed by atoms with Crippen molar-refractivity contribution in [2.75, 3.05) is 13.2 Å². The molecule has 2 N–H and O–H groups in total. The summed E-state index contributed by atoms with van der Waals surface area (Å²) in [5.74, 6) is 0. The lowest BCUT2D eigenvalue weighted by Gasteiger charge is -2.36. The summed E-state index contributed by atoms with van der Waals surface area (Å²) in [4.78, 5) is 19.0. The van der Waals surface area contributed by atoms with Crippen LogP contribution in [0, 0.1) is 0 Å². The summed E-state index contributed by atoms with van der Waals surface area (Å²) in [5.41, 5.74) is 3.14. The van der Waals surface area contributed by atoms with Crippen molar-refractivity contribution < 1.29 is 9.90 Å². The molecule has 1 aliphatic heterocycles. The Kier molecular flexibility index (Phi) is 5.16. The molecule has 0 saturated heterocycles. The average Bonchev–Trinajstić information content (AvgIpc) is 3.09. The highest BCUT2D eigenvalue weighted by molar-refractivity contribution is 7.09. The van der Waals surface area contributed by atoms with Gasteiger partial charge in [-0.3, -0.25) is 0 Å². The first-order chi connectivity index (χ1) is 11.6. The molecule has 3 rings (SSSR count). The van der Waals surface area contributed by atoms with E-state index in [4.69, 9.17) is 0 Å². The van der Waals surface area contributed by atoms with Crippen LogP contribution in [0.5, 0.6) is 0 Å². The molecule has 1 aliphatic rings. The van der Waals surface area contributed by atoms with Gasteiger partial charge in [-0.05, 0) is 30.9 Å². The van der Waals surface area contributed by atoms with Crippen LogP contribution < -0.4 is 5.32 Å². The number of hydrogen-bond donors (Lipinski definition) is 2. The Balaban J connectivity index is 1.72. The van der Waals surface area contributed by atoms with Crippen LogP contribution in [-0.2, 0) is 12.8 Å². The Labute approximate surface area is 146 Å². The summed E-state index contributed by atoms with van der Waals surface area (Å²) in [5, 5.41) is 15.9. The van der Waals surface area contributed by atoms with Gasteiger partial charge in [-0.2, -0.15) is 0 Å². The standard InChI is InChI=1S/C18H23N3O2S/c1-3-17-20-15(11-24-17)12(2)19-18(23)21-9-8-13-6-4-5-7-14(13)16(21)10-22/h4-7,11-12,16,22H,3,8-10H2,1-2H3,(H,19,23). The van der Waals surface area contributed by atoms with Gasteiger partial charge in [0.1, 0.15) is 0 Å². The number of aliphatic hydroxyl groups is 1. The Morgan fingerprint density at radius 2 is 2.29 bits per heavy atom. The van der Waals surface area contributed by atoms with E-state index in [-0.39, 0.29) is 24.7 Å². The van der Waals surface area contributed by atoms with Gasteiger partial charge in [-0.15, -0.1) is 11.3 Å². The van der Waals surface area contributed by atoms with Crippen molar-refractivity contribution in [3.63, 3.8) is 0 Å². The van der Waals surface area contributed by atoms with Crippen molar-refractivity contribution in [1.29, 1.82) is 0 Å². The van der Waals surface area contributed by atoms with Crippen molar-refractivity contribution in [2.24, 2.45) is 0 Å². The first kappa shape index (κ1) is 16.9. The second-order valence-corrected chi connectivity index (χ2v) is 6.97. The molecule has 6 heteroatoms. The van der Waals surface area contributed by atoms with Gasteiger partial charge in [0.2, 0.25) is 0 Å². The number of rotatable bonds is 4. The third-order valence-electron chi connectivity index (χ3n) is 4.50. The van der Waals surface area contributed by atoms with E-state index in [0.29, 0.717) is 6.54 Å². The van der Waals surface area contributed by atoms with Crippen molar-refractivity contribution in [3.05, 3.63) is 51.5 Å². The highest BCUT2D eigenvalue weighted by Crippen LogP contribution is 2.29. The number of fused-ring (bicyclic) bond motifs is 1. The Bertz CT molecular complexity index is 716. The number of carbonyl (C=O) groups is 1. The number of nitrogens with one attached hydrogen (secondary N) is 1. The van der Waals surface area contributed by atoms with Crippen molar-refractivity contribution in [3.8, 4) is 0 Å². The van der Waals surface area contributed by atoms with Gasteiger partial charge in [0, 0.05) is 11.9 Å². The Morgan fingerprint density at radius 1 is 1.50 bits per heavy atom. The summed E-state index contributed by atoms with van der Waals surface area (Å²) < 4.78 is 0. The normalized spacial score (nSPS) is 18.1. The topological polar surface area (TPSA) is 65.5 Å². The SMILES string of the molecule is CCc1nc(C(C)NC(=O)N2CCc3ccccc3C2CO)cs1. The smallest absolute Gasteiger partial charge is 0.318 e. The molecular weight excluding hydrogens is 322 g/mol. The third kappa shape index (κ3) is 3.30. The second kappa shape index (κ2) is 7.32. The molecule has 128 valence electrons. The molecule has 24 heavy (non-hydrogen) atoms. The largest absolute Gasteiger partial charge is 0.394 e. The van der Waals surface area contributed by atoms with Crippen LogP contribution >= 0.6 is 11.3 Å². The predicted molar refractivity (Wildman–Crippen MR) is 95.1 cm³/mol. The van der Waals surface area contributed by atoms with Crippen molar-refractivity contribution in [2.45, 2.75) is 38.8 Å². The third-order valence-corrected chi connectivity index (χ3v) is 5.51. The van der Waals surface area contributed by atoms with Crippen LogP contribution in [0.3, 0.4) is 0 Å². The monoisotopic (exact) mass is 345 g/mol. The van der Waals surface area contributed by atoms with E-state index in [1.165, 1.54) is 5.56 Å². The molecule has 2 unspecified atom stereocenters. The van der Waals surface area contributed by atoms with Crippen LogP contribution in [0.4, 0.5) is 4.79 Å². The zero-order chi connectivity index (χ0) is 17.1. The first-order valence-corrected chi connectivity index (χ1v) is 9.22. The predicted octanol–water partition coefficient (Wildman–Crippen LogP) is 3.07. The number of carbonyl (C=O) groups excluding carboxylic acids is 1. The van der Waals surface area contributed by atoms with Gasteiger partial charge in [0.15, 0.2) is 0 Å². The van der Waals surface area contributed by atoms with E-state index in [1.807, 2.05) is 30.5 Å². The second-order valence-electron chi connectivity index (χ2n) is 6.03. The number of urea groups is 1. The maximum atomic E-state index is 12.7. The molecule has 0 saturated carbocycles. The molecule has 2 amide bonds. The van der Waals surface area contributed by atoms with Crippen LogP contribution in [0.25, 0.3) is 0 Å². The number of aryl methyl sites for hydroxylation is 1. The molecule has 2 heterocycles. The fraction of sp³-hybridized carbons (Fsp3) is 0.444. The molecule has 2 aromatic rings. The molecule has 0 fully saturated rings. The van der Waals surface area contributed by atoms with Crippen LogP contribution in [0.15, 0.2) is 29.6 Å². The minimum atomic E-state index is -0.288. The zero-order valence-electron chi connectivity index (χ0n) is 14.0. The van der Waals surface area contributed by atoms with E-state index in [9.17, 15) is 9.90 Å². The quantitative estimate of drug-likeness (QED) is 0.895. The zero-order valence-corrected chi connectivity index (χ0v) is 14.8. The van der Waals surface area contributed by atoms with E-state index >= 15 is 0 Å². The van der Waals surface area contributed by atoms with Crippen molar-refractivity contribution >= 4 is 17.4 Å². The first-order valence-electron chi connectivity index (χ1n) is 8.34. The Hall–Kier alpha value is -1.92. The van der Waals surface area contributed by atoms with Gasteiger partial charge in [0.05, 0.1) is 29.4 Å². The summed E-state index contributed by atoms with van der Waals surface area (Å²) in [7, 11) is 0. The molecule has 0 spiro atoms.